The number of benzene rings is 1. The zero-order valence-corrected chi connectivity index (χ0v) is 12.3. The number of carbonyl (C=O) groups excluding carboxylic acids is 1. The monoisotopic (exact) mass is 311 g/mol. The number of alkyl halides is 2. The molecule has 0 spiro atoms. The third-order valence-electron chi connectivity index (χ3n) is 4.38. The van der Waals surface area contributed by atoms with Gasteiger partial charge in [-0.1, -0.05) is 12.1 Å². The van der Waals surface area contributed by atoms with E-state index in [9.17, 15) is 13.6 Å². The average Bonchev–Trinajstić information content (AvgIpc) is 3.06. The Hall–Kier alpha value is -1.69. The molecule has 1 aliphatic carbocycles. The number of amides is 1. The first kappa shape index (κ1) is 15.2. The average molecular weight is 311 g/mol. The number of halogens is 2. The summed E-state index contributed by atoms with van der Waals surface area (Å²) in [5, 5.41) is 2.78. The Morgan fingerprint density at radius 1 is 1.23 bits per heavy atom. The van der Waals surface area contributed by atoms with E-state index in [4.69, 9.17) is 9.47 Å². The molecule has 1 amide bonds. The highest BCUT2D eigenvalue weighted by Crippen LogP contribution is 2.33. The Morgan fingerprint density at radius 2 is 2.00 bits per heavy atom. The molecule has 22 heavy (non-hydrogen) atoms. The lowest BCUT2D eigenvalue weighted by Crippen LogP contribution is -2.28. The predicted molar refractivity (Wildman–Crippen MR) is 76.4 cm³/mol. The van der Waals surface area contributed by atoms with E-state index < -0.39 is 24.6 Å². The Kier molecular flexibility index (Phi) is 4.29. The molecule has 120 valence electrons. The van der Waals surface area contributed by atoms with Gasteiger partial charge in [-0.2, -0.15) is 0 Å². The van der Waals surface area contributed by atoms with Crippen molar-refractivity contribution in [2.24, 2.45) is 0 Å². The number of ether oxygens (including phenoxy) is 2. The molecule has 1 heterocycles. The van der Waals surface area contributed by atoms with Crippen LogP contribution in [-0.4, -0.2) is 44.1 Å². The summed E-state index contributed by atoms with van der Waals surface area (Å²) in [5.41, 5.74) is 0.962. The Morgan fingerprint density at radius 3 is 2.64 bits per heavy atom. The number of hydrogen-bond acceptors (Lipinski definition) is 3. The van der Waals surface area contributed by atoms with E-state index in [1.54, 1.807) is 18.2 Å². The van der Waals surface area contributed by atoms with Crippen LogP contribution in [0.3, 0.4) is 0 Å². The van der Waals surface area contributed by atoms with Crippen molar-refractivity contribution >= 4 is 5.91 Å². The van der Waals surface area contributed by atoms with E-state index in [1.165, 1.54) is 7.11 Å². The maximum atomic E-state index is 13.9. The molecule has 5 atom stereocenters. The van der Waals surface area contributed by atoms with Gasteiger partial charge in [0.2, 0.25) is 5.91 Å². The van der Waals surface area contributed by atoms with Crippen LogP contribution in [0.1, 0.15) is 24.3 Å². The Bertz CT molecular complexity index is 554. The van der Waals surface area contributed by atoms with Gasteiger partial charge in [-0.05, 0) is 17.7 Å². The highest BCUT2D eigenvalue weighted by molar-refractivity contribution is 5.79. The van der Waals surface area contributed by atoms with Crippen LogP contribution in [0.25, 0.3) is 0 Å². The van der Waals surface area contributed by atoms with Gasteiger partial charge in [0.1, 0.15) is 11.9 Å². The molecule has 0 radical (unpaired) electrons. The summed E-state index contributed by atoms with van der Waals surface area (Å²) in [7, 11) is 1.37. The molecule has 2 aliphatic rings. The van der Waals surface area contributed by atoms with Crippen molar-refractivity contribution in [3.63, 3.8) is 0 Å². The van der Waals surface area contributed by atoms with Crippen molar-refractivity contribution in [1.29, 1.82) is 0 Å². The second-order valence-corrected chi connectivity index (χ2v) is 5.83. The van der Waals surface area contributed by atoms with Gasteiger partial charge in [0.05, 0.1) is 6.10 Å². The van der Waals surface area contributed by atoms with E-state index in [0.29, 0.717) is 18.7 Å². The van der Waals surface area contributed by atoms with Crippen molar-refractivity contribution in [2.45, 2.75) is 43.3 Å². The van der Waals surface area contributed by atoms with Gasteiger partial charge >= 0.3 is 0 Å². The number of hydrogen-bond donors (Lipinski definition) is 1. The van der Waals surface area contributed by atoms with Crippen molar-refractivity contribution in [3.05, 3.63) is 29.8 Å². The van der Waals surface area contributed by atoms with Gasteiger partial charge in [0, 0.05) is 32.4 Å². The van der Waals surface area contributed by atoms with Crippen molar-refractivity contribution in [3.8, 4) is 5.75 Å². The first-order valence-electron chi connectivity index (χ1n) is 7.42. The summed E-state index contributed by atoms with van der Waals surface area (Å²) in [6.07, 6.45) is -4.33. The number of rotatable bonds is 4. The molecule has 6 heteroatoms. The van der Waals surface area contributed by atoms with Crippen LogP contribution >= 0.6 is 0 Å². The Balaban J connectivity index is 1.69. The van der Waals surface area contributed by atoms with Gasteiger partial charge in [-0.25, -0.2) is 8.78 Å². The summed E-state index contributed by atoms with van der Waals surface area (Å²) < 4.78 is 38.2. The van der Waals surface area contributed by atoms with E-state index in [2.05, 4.69) is 5.32 Å². The molecule has 0 aromatic heterocycles. The number of methoxy groups -OCH3 is 1. The SMILES string of the molecule is COC1CC(Oc2cccc(C3CNC(=O)C3)c2)C(F)C1F. The molecule has 3 rings (SSSR count). The summed E-state index contributed by atoms with van der Waals surface area (Å²) in [6, 6.07) is 7.23. The summed E-state index contributed by atoms with van der Waals surface area (Å²) >= 11 is 0. The maximum Gasteiger partial charge on any atom is 0.220 e. The zero-order valence-electron chi connectivity index (χ0n) is 12.3. The van der Waals surface area contributed by atoms with Crippen LogP contribution in [0.5, 0.6) is 5.75 Å². The maximum absolute atomic E-state index is 13.9. The zero-order chi connectivity index (χ0) is 15.7. The molecular formula is C16H19F2NO3. The number of carbonyl (C=O) groups is 1. The molecule has 1 aliphatic heterocycles. The molecule has 1 saturated carbocycles. The van der Waals surface area contributed by atoms with Crippen LogP contribution in [-0.2, 0) is 9.53 Å². The third kappa shape index (κ3) is 2.92. The van der Waals surface area contributed by atoms with Crippen LogP contribution in [0.2, 0.25) is 0 Å². The van der Waals surface area contributed by atoms with Crippen LogP contribution < -0.4 is 10.1 Å². The minimum atomic E-state index is -1.69. The molecule has 1 N–H and O–H groups in total. The molecule has 1 aromatic carbocycles. The molecule has 0 bridgehead atoms. The molecule has 4 nitrogen and oxygen atoms in total. The summed E-state index contributed by atoms with van der Waals surface area (Å²) in [5.74, 6) is 0.619. The lowest BCUT2D eigenvalue weighted by atomic mass is 9.98. The second kappa shape index (κ2) is 6.20. The molecular weight excluding hydrogens is 292 g/mol. The standard InChI is InChI=1S/C16H19F2NO3/c1-21-12-7-13(16(18)15(12)17)22-11-4-2-3-9(5-11)10-6-14(20)19-8-10/h2-5,10,12-13,15-16H,6-8H2,1H3,(H,19,20). The second-order valence-electron chi connectivity index (χ2n) is 5.83. The molecule has 5 unspecified atom stereocenters. The quantitative estimate of drug-likeness (QED) is 0.927. The first-order valence-corrected chi connectivity index (χ1v) is 7.42. The highest BCUT2D eigenvalue weighted by Gasteiger charge is 2.46. The molecule has 2 fully saturated rings. The fraction of sp³-hybridized carbons (Fsp3) is 0.562. The van der Waals surface area contributed by atoms with Gasteiger partial charge < -0.3 is 14.8 Å². The Labute approximate surface area is 127 Å². The lowest BCUT2D eigenvalue weighted by molar-refractivity contribution is -0.119. The van der Waals surface area contributed by atoms with E-state index in [0.717, 1.165) is 5.56 Å². The highest BCUT2D eigenvalue weighted by atomic mass is 19.2. The number of nitrogens with one attached hydrogen (secondary N) is 1. The fourth-order valence-electron chi connectivity index (χ4n) is 3.10. The van der Waals surface area contributed by atoms with Gasteiger partial charge in [-0.3, -0.25) is 4.79 Å². The minimum Gasteiger partial charge on any atom is -0.487 e. The summed E-state index contributed by atoms with van der Waals surface area (Å²) in [4.78, 5) is 11.3. The van der Waals surface area contributed by atoms with E-state index in [1.807, 2.05) is 6.07 Å². The smallest absolute Gasteiger partial charge is 0.220 e. The fourth-order valence-corrected chi connectivity index (χ4v) is 3.10. The molecule has 1 saturated heterocycles. The van der Waals surface area contributed by atoms with Gasteiger partial charge in [-0.15, -0.1) is 0 Å². The van der Waals surface area contributed by atoms with Crippen LogP contribution in [0.15, 0.2) is 24.3 Å². The summed E-state index contributed by atoms with van der Waals surface area (Å²) in [6.45, 7) is 0.593. The van der Waals surface area contributed by atoms with Crippen LogP contribution in [0, 0.1) is 0 Å². The first-order chi connectivity index (χ1) is 10.6. The van der Waals surface area contributed by atoms with E-state index in [-0.39, 0.29) is 18.2 Å². The van der Waals surface area contributed by atoms with E-state index >= 15 is 0 Å². The van der Waals surface area contributed by atoms with Crippen molar-refractivity contribution in [1.82, 2.24) is 5.32 Å². The molecule has 1 aromatic rings. The normalized spacial score (nSPS) is 34.7. The van der Waals surface area contributed by atoms with Crippen LogP contribution in [0.4, 0.5) is 8.78 Å². The van der Waals surface area contributed by atoms with Crippen molar-refractivity contribution in [2.75, 3.05) is 13.7 Å². The van der Waals surface area contributed by atoms with Gasteiger partial charge in [0.15, 0.2) is 12.3 Å². The topological polar surface area (TPSA) is 47.6 Å². The minimum absolute atomic E-state index is 0.0270. The van der Waals surface area contributed by atoms with Crippen molar-refractivity contribution < 1.29 is 23.0 Å². The largest absolute Gasteiger partial charge is 0.487 e. The predicted octanol–water partition coefficient (Wildman–Crippen LogP) is 2.13. The van der Waals surface area contributed by atoms with Gasteiger partial charge in [0.25, 0.3) is 0 Å². The third-order valence-corrected chi connectivity index (χ3v) is 4.38. The lowest BCUT2D eigenvalue weighted by Gasteiger charge is -2.17.